The fraction of sp³-hybridized carbons (Fsp3) is 0.670. The minimum Gasteiger partial charge on any atom is -0.545 e. The number of quaternary nitrogens is 1. The molecule has 0 saturated heterocycles. The zero-order chi connectivity index (χ0) is 70.4. The summed E-state index contributed by atoms with van der Waals surface area (Å²) < 4.78 is 22.8. The molecule has 552 valence electrons. The predicted molar refractivity (Wildman–Crippen MR) is 416 cm³/mol. The molecule has 0 radical (unpaired) electrons. The number of likely N-dealkylation sites (N-methyl/N-ethyl adjacent to an activating group) is 1. The van der Waals surface area contributed by atoms with Crippen molar-refractivity contribution in [2.75, 3.05) is 47.5 Å². The second-order valence-corrected chi connectivity index (χ2v) is 27.2. The molecule has 0 fully saturated rings. The molecule has 0 amide bonds. The second-order valence-electron chi connectivity index (χ2n) is 27.2. The largest absolute Gasteiger partial charge is 0.545 e. The van der Waals surface area contributed by atoms with E-state index < -0.39 is 24.3 Å². The minimum atomic E-state index is -1.64. The number of carbonyl (C=O) groups excluding carboxylic acids is 3. The first-order valence-corrected chi connectivity index (χ1v) is 39.6. The first-order chi connectivity index (χ1) is 47.6. The molecule has 0 aromatic rings. The van der Waals surface area contributed by atoms with E-state index in [0.717, 1.165) is 122 Å². The van der Waals surface area contributed by atoms with Gasteiger partial charge in [-0.15, -0.1) is 0 Å². The molecule has 2 unspecified atom stereocenters. The van der Waals surface area contributed by atoms with E-state index in [9.17, 15) is 19.5 Å². The summed E-state index contributed by atoms with van der Waals surface area (Å²) in [6.07, 6.45) is 111. The van der Waals surface area contributed by atoms with Crippen LogP contribution in [0.15, 0.2) is 158 Å². The molecule has 2 atom stereocenters. The molecule has 9 nitrogen and oxygen atoms in total. The number of allylic oxidation sites excluding steroid dienone is 26. The lowest BCUT2D eigenvalue weighted by Gasteiger charge is -2.26. The maximum absolute atomic E-state index is 12.9. The first-order valence-electron chi connectivity index (χ1n) is 39.6. The van der Waals surface area contributed by atoms with Gasteiger partial charge < -0.3 is 33.3 Å². The Morgan fingerprint density at radius 1 is 0.309 bits per heavy atom. The Hall–Kier alpha value is -5.09. The third-order valence-corrected chi connectivity index (χ3v) is 16.8. The molecule has 9 heteroatoms. The monoisotopic (exact) mass is 1350 g/mol. The molecule has 0 aliphatic heterocycles. The van der Waals surface area contributed by atoms with Crippen LogP contribution in [0.2, 0.25) is 0 Å². The number of nitrogens with zero attached hydrogens (tertiary/aromatic N) is 1. The lowest BCUT2D eigenvalue weighted by molar-refractivity contribution is -0.870. The highest BCUT2D eigenvalue weighted by atomic mass is 16.7. The number of carbonyl (C=O) groups is 3. The zero-order valence-corrected chi connectivity index (χ0v) is 63.1. The van der Waals surface area contributed by atoms with Crippen LogP contribution >= 0.6 is 0 Å². The molecule has 97 heavy (non-hydrogen) atoms. The number of hydrogen-bond donors (Lipinski definition) is 0. The number of unbranched alkanes of at least 4 members (excludes halogenated alkanes) is 31. The van der Waals surface area contributed by atoms with Crippen molar-refractivity contribution in [3.63, 3.8) is 0 Å². The molecule has 0 aliphatic rings. The Kier molecular flexibility index (Phi) is 72.6. The molecule has 0 aromatic carbocycles. The highest BCUT2D eigenvalue weighted by Gasteiger charge is 2.22. The predicted octanol–water partition coefficient (Wildman–Crippen LogP) is 24.3. The first kappa shape index (κ1) is 91.9. The quantitative estimate of drug-likeness (QED) is 0.0195. The van der Waals surface area contributed by atoms with Crippen molar-refractivity contribution in [1.82, 2.24) is 0 Å². The van der Waals surface area contributed by atoms with Crippen molar-refractivity contribution in [3.05, 3.63) is 158 Å². The van der Waals surface area contributed by atoms with Gasteiger partial charge in [0.1, 0.15) is 13.2 Å². The van der Waals surface area contributed by atoms with Crippen molar-refractivity contribution < 1.29 is 42.9 Å². The Balaban J connectivity index is 4.06. The van der Waals surface area contributed by atoms with E-state index in [0.29, 0.717) is 17.4 Å². The van der Waals surface area contributed by atoms with Crippen molar-refractivity contribution in [2.24, 2.45) is 0 Å². The summed E-state index contributed by atoms with van der Waals surface area (Å²) >= 11 is 0. The maximum Gasteiger partial charge on any atom is 0.306 e. The van der Waals surface area contributed by atoms with E-state index >= 15 is 0 Å². The molecule has 0 heterocycles. The number of hydrogen-bond acceptors (Lipinski definition) is 8. The summed E-state index contributed by atoms with van der Waals surface area (Å²) in [7, 11) is 5.92. The van der Waals surface area contributed by atoms with Gasteiger partial charge >= 0.3 is 11.9 Å². The minimum absolute atomic E-state index is 0.135. The Morgan fingerprint density at radius 3 is 0.835 bits per heavy atom. The van der Waals surface area contributed by atoms with Crippen molar-refractivity contribution in [3.8, 4) is 0 Å². The number of carboxylic acids is 1. The fourth-order valence-electron chi connectivity index (χ4n) is 10.8. The van der Waals surface area contributed by atoms with Gasteiger partial charge in [0.2, 0.25) is 0 Å². The Labute approximate surface area is 597 Å². The molecule has 0 aliphatic carbocycles. The lowest BCUT2D eigenvalue weighted by atomic mass is 10.0. The average molecular weight is 1350 g/mol. The van der Waals surface area contributed by atoms with Crippen molar-refractivity contribution in [1.29, 1.82) is 0 Å². The molecule has 0 bridgehead atoms. The number of esters is 2. The fourth-order valence-corrected chi connectivity index (χ4v) is 10.8. The normalized spacial score (nSPS) is 13.5. The Bertz CT molecular complexity index is 2160. The lowest BCUT2D eigenvalue weighted by Crippen LogP contribution is -2.44. The van der Waals surface area contributed by atoms with Crippen LogP contribution in [-0.4, -0.2) is 82.3 Å². The van der Waals surface area contributed by atoms with Crippen LogP contribution in [0.25, 0.3) is 0 Å². The van der Waals surface area contributed by atoms with Gasteiger partial charge in [0.15, 0.2) is 12.4 Å². The van der Waals surface area contributed by atoms with Gasteiger partial charge in [0, 0.05) is 12.8 Å². The molecule has 0 spiro atoms. The summed E-state index contributed by atoms with van der Waals surface area (Å²) in [5.74, 6) is -2.33. The van der Waals surface area contributed by atoms with Crippen LogP contribution < -0.4 is 5.11 Å². The van der Waals surface area contributed by atoms with Gasteiger partial charge in [0.25, 0.3) is 0 Å². The van der Waals surface area contributed by atoms with Crippen LogP contribution in [-0.2, 0) is 33.3 Å². The van der Waals surface area contributed by atoms with Crippen LogP contribution in [0.3, 0.4) is 0 Å². The topological polar surface area (TPSA) is 111 Å². The molecule has 0 rings (SSSR count). The standard InChI is InChI=1S/C88H147NO8/c1-6-8-10-12-14-16-18-20-22-24-26-28-30-32-34-36-38-39-40-41-42-43-44-45-46-47-49-50-52-54-56-58-60-62-64-66-68-70-72-74-76-78-85(90)95-82-84(83-96-88(87(92)93)94-81-80-89(3,4)5)97-86(91)79-77-75-73-71-69-67-65-63-61-59-57-55-53-51-48-37-35-33-31-29-27-25-23-21-19-17-15-13-11-9-7-2/h8-11,14-17,20-23,26-29,33,35,48,51,55,57,61,63,67,69,84,88H,6-7,12-13,18-19,24-25,30-32,34,36-47,49-50,52-54,56,58-60,62,64-66,68,70-83H2,1-5H3/b10-8-,11-9-,16-14-,17-15-,22-20-,23-21-,28-26-,29-27-,35-33-,51-48-,57-55-,63-61-,69-67-. The zero-order valence-electron chi connectivity index (χ0n) is 63.1. The van der Waals surface area contributed by atoms with Crippen molar-refractivity contribution >= 4 is 17.9 Å². The molecular formula is C88H147NO8. The van der Waals surface area contributed by atoms with Gasteiger partial charge in [-0.25, -0.2) is 0 Å². The van der Waals surface area contributed by atoms with Crippen LogP contribution in [0.4, 0.5) is 0 Å². The molecule has 0 N–H and O–H groups in total. The third-order valence-electron chi connectivity index (χ3n) is 16.8. The number of carboxylic acid groups (broad SMARTS) is 1. The summed E-state index contributed by atoms with van der Waals surface area (Å²) in [4.78, 5) is 37.6. The van der Waals surface area contributed by atoms with Crippen LogP contribution in [0.1, 0.15) is 322 Å². The summed E-state index contributed by atoms with van der Waals surface area (Å²) in [6.45, 7) is 4.49. The van der Waals surface area contributed by atoms with Gasteiger partial charge in [-0.3, -0.25) is 9.59 Å². The molecular weight excluding hydrogens is 1200 g/mol. The highest BCUT2D eigenvalue weighted by Crippen LogP contribution is 2.18. The SMILES string of the molecule is CC/C=C\C/C=C\C/C=C\C/C=C\C/C=C\C/C=C\C/C=C\C/C=C\C/C=C\CCCCCC(=O)OC(COC(=O)CCCCCCCCCCCCCCCCCCCCCCCCCCCCCC/C=C\C/C=C\C/C=C\C/C=C\CC)COC(OCC[N+](C)(C)C)C(=O)[O-]. The van der Waals surface area contributed by atoms with Crippen molar-refractivity contribution in [2.45, 2.75) is 334 Å². The Morgan fingerprint density at radius 2 is 0.557 bits per heavy atom. The smallest absolute Gasteiger partial charge is 0.306 e. The molecule has 0 saturated carbocycles. The van der Waals surface area contributed by atoms with E-state index in [1.165, 1.54) is 167 Å². The van der Waals surface area contributed by atoms with Gasteiger partial charge in [-0.05, 0) is 122 Å². The summed E-state index contributed by atoms with van der Waals surface area (Å²) in [5, 5.41) is 11.9. The van der Waals surface area contributed by atoms with Gasteiger partial charge in [-0.2, -0.15) is 0 Å². The van der Waals surface area contributed by atoms with E-state index in [-0.39, 0.29) is 38.6 Å². The number of rotatable bonds is 72. The second kappa shape index (κ2) is 76.7. The summed E-state index contributed by atoms with van der Waals surface area (Å²) in [5.41, 5.74) is 0. The van der Waals surface area contributed by atoms with Gasteiger partial charge in [-0.1, -0.05) is 345 Å². The number of aliphatic carboxylic acids is 1. The van der Waals surface area contributed by atoms with E-state index in [2.05, 4.69) is 172 Å². The molecule has 0 aromatic heterocycles. The number of ether oxygens (including phenoxy) is 4. The van der Waals surface area contributed by atoms with Gasteiger partial charge in [0.05, 0.1) is 40.3 Å². The van der Waals surface area contributed by atoms with Crippen LogP contribution in [0.5, 0.6) is 0 Å². The maximum atomic E-state index is 12.9. The van der Waals surface area contributed by atoms with Crippen LogP contribution in [0, 0.1) is 0 Å². The summed E-state index contributed by atoms with van der Waals surface area (Å²) in [6, 6.07) is 0. The van der Waals surface area contributed by atoms with E-state index in [1.807, 2.05) is 21.1 Å². The average Bonchev–Trinajstić information content (AvgIpc) is 2.39. The van der Waals surface area contributed by atoms with E-state index in [1.54, 1.807) is 0 Å². The van der Waals surface area contributed by atoms with E-state index in [4.69, 9.17) is 18.9 Å². The third kappa shape index (κ3) is 78.1. The highest BCUT2D eigenvalue weighted by molar-refractivity contribution is 5.70.